The van der Waals surface area contributed by atoms with Crippen molar-refractivity contribution in [2.45, 2.75) is 76.2 Å². The minimum absolute atomic E-state index is 0.0668. The maximum absolute atomic E-state index is 12.6. The number of carbonyl (C=O) groups excluding carboxylic acids is 1. The van der Waals surface area contributed by atoms with E-state index in [4.69, 9.17) is 4.74 Å². The molecule has 29 heavy (non-hydrogen) atoms. The number of fused-ring (bicyclic) bond motifs is 2. The summed E-state index contributed by atoms with van der Waals surface area (Å²) in [6.45, 7) is 5.69. The van der Waals surface area contributed by atoms with Crippen molar-refractivity contribution in [1.82, 2.24) is 4.90 Å². The summed E-state index contributed by atoms with van der Waals surface area (Å²) in [5, 5.41) is 11.3. The van der Waals surface area contributed by atoms with Crippen LogP contribution in [0.5, 0.6) is 0 Å². The third kappa shape index (κ3) is 4.48. The average Bonchev–Trinajstić information content (AvgIpc) is 2.94. The number of aliphatic hydroxyl groups is 1. The van der Waals surface area contributed by atoms with Crippen LogP contribution in [0.1, 0.15) is 52.0 Å². The average molecular weight is 394 g/mol. The maximum atomic E-state index is 12.6. The fourth-order valence-electron chi connectivity index (χ4n) is 4.91. The van der Waals surface area contributed by atoms with Crippen LogP contribution < -0.4 is 0 Å². The van der Waals surface area contributed by atoms with Crippen LogP contribution in [-0.4, -0.2) is 39.4 Å². The highest BCUT2D eigenvalue weighted by Crippen LogP contribution is 2.43. The van der Waals surface area contributed by atoms with Gasteiger partial charge < -0.3 is 14.7 Å². The second-order valence-corrected chi connectivity index (χ2v) is 9.64. The van der Waals surface area contributed by atoms with Gasteiger partial charge in [0.15, 0.2) is 0 Å². The van der Waals surface area contributed by atoms with Crippen LogP contribution in [0.2, 0.25) is 0 Å². The summed E-state index contributed by atoms with van der Waals surface area (Å²) >= 11 is 0. The molecule has 2 aliphatic heterocycles. The van der Waals surface area contributed by atoms with Crippen LogP contribution in [0.3, 0.4) is 0 Å². The molecule has 2 unspecified atom stereocenters. The summed E-state index contributed by atoms with van der Waals surface area (Å²) in [4.78, 5) is 14.5. The van der Waals surface area contributed by atoms with Crippen LogP contribution in [0.25, 0.3) is 11.1 Å². The number of hydrogen-bond acceptors (Lipinski definition) is 3. The molecule has 2 atom stereocenters. The largest absolute Gasteiger partial charge is 0.444 e. The highest BCUT2D eigenvalue weighted by molar-refractivity contribution is 5.70. The van der Waals surface area contributed by atoms with E-state index in [1.165, 1.54) is 11.1 Å². The minimum atomic E-state index is -0.765. The van der Waals surface area contributed by atoms with Crippen molar-refractivity contribution < 1.29 is 14.6 Å². The van der Waals surface area contributed by atoms with Crippen molar-refractivity contribution in [2.75, 3.05) is 0 Å². The summed E-state index contributed by atoms with van der Waals surface area (Å²) in [7, 11) is 0. The van der Waals surface area contributed by atoms with Crippen molar-refractivity contribution in [1.29, 1.82) is 0 Å². The van der Waals surface area contributed by atoms with E-state index in [0.29, 0.717) is 19.3 Å². The van der Waals surface area contributed by atoms with Gasteiger partial charge in [0.05, 0.1) is 5.60 Å². The van der Waals surface area contributed by atoms with E-state index in [1.54, 1.807) is 0 Å². The first-order chi connectivity index (χ1) is 13.7. The molecule has 0 radical (unpaired) electrons. The summed E-state index contributed by atoms with van der Waals surface area (Å²) in [5.41, 5.74) is 2.25. The molecular formula is C25H31NO3. The number of benzene rings is 2. The Morgan fingerprint density at radius 3 is 2.10 bits per heavy atom. The van der Waals surface area contributed by atoms with Gasteiger partial charge in [-0.2, -0.15) is 0 Å². The van der Waals surface area contributed by atoms with E-state index in [-0.39, 0.29) is 18.2 Å². The van der Waals surface area contributed by atoms with Gasteiger partial charge in [-0.15, -0.1) is 0 Å². The summed E-state index contributed by atoms with van der Waals surface area (Å²) < 4.78 is 5.61. The number of ether oxygens (including phenoxy) is 1. The second-order valence-electron chi connectivity index (χ2n) is 9.64. The fourth-order valence-corrected chi connectivity index (χ4v) is 4.91. The molecule has 2 aromatic rings. The lowest BCUT2D eigenvalue weighted by Gasteiger charge is -2.44. The first kappa shape index (κ1) is 20.0. The molecule has 0 aliphatic carbocycles. The van der Waals surface area contributed by atoms with Crippen molar-refractivity contribution in [3.63, 3.8) is 0 Å². The summed E-state index contributed by atoms with van der Waals surface area (Å²) in [6, 6.07) is 18.9. The Morgan fingerprint density at radius 1 is 1.00 bits per heavy atom. The Morgan fingerprint density at radius 2 is 1.55 bits per heavy atom. The number of rotatable bonds is 3. The van der Waals surface area contributed by atoms with E-state index in [2.05, 4.69) is 36.4 Å². The van der Waals surface area contributed by atoms with Crippen LogP contribution >= 0.6 is 0 Å². The number of carbonyl (C=O) groups is 1. The third-order valence-corrected chi connectivity index (χ3v) is 6.05. The summed E-state index contributed by atoms with van der Waals surface area (Å²) in [5.74, 6) is 0. The highest BCUT2D eigenvalue weighted by Gasteiger charge is 2.50. The molecule has 154 valence electrons. The predicted octanol–water partition coefficient (Wildman–Crippen LogP) is 5.19. The predicted molar refractivity (Wildman–Crippen MR) is 115 cm³/mol. The molecule has 2 aromatic carbocycles. The number of nitrogens with zero attached hydrogens (tertiary/aromatic N) is 1. The van der Waals surface area contributed by atoms with Crippen LogP contribution in [0.15, 0.2) is 54.6 Å². The molecular weight excluding hydrogens is 362 g/mol. The van der Waals surface area contributed by atoms with Gasteiger partial charge in [0, 0.05) is 18.5 Å². The van der Waals surface area contributed by atoms with E-state index < -0.39 is 11.2 Å². The van der Waals surface area contributed by atoms with Gasteiger partial charge in [0.2, 0.25) is 0 Å². The van der Waals surface area contributed by atoms with Crippen LogP contribution in [0.4, 0.5) is 4.79 Å². The Kier molecular flexibility index (Phi) is 5.16. The quantitative estimate of drug-likeness (QED) is 0.781. The highest BCUT2D eigenvalue weighted by atomic mass is 16.6. The Balaban J connectivity index is 1.44. The molecule has 0 aromatic heterocycles. The normalized spacial score (nSPS) is 26.4. The monoisotopic (exact) mass is 393 g/mol. The number of piperidine rings is 1. The van der Waals surface area contributed by atoms with Gasteiger partial charge in [-0.05, 0) is 63.1 Å². The first-order valence-electron chi connectivity index (χ1n) is 10.6. The standard InChI is InChI=1S/C25H31NO3/c1-24(2,3)29-23(27)26-21-13-14-22(26)17-25(28,16-21)15-18-9-11-20(12-10-18)19-7-5-4-6-8-19/h4-12,21-22,28H,13-17H2,1-3H3. The first-order valence-corrected chi connectivity index (χ1v) is 10.6. The van der Waals surface area contributed by atoms with E-state index >= 15 is 0 Å². The Labute approximate surface area is 173 Å². The Hall–Kier alpha value is -2.33. The van der Waals surface area contributed by atoms with Gasteiger partial charge in [0.1, 0.15) is 5.60 Å². The number of hydrogen-bond donors (Lipinski definition) is 1. The Bertz CT molecular complexity index is 840. The maximum Gasteiger partial charge on any atom is 0.410 e. The van der Waals surface area contributed by atoms with Crippen LogP contribution in [-0.2, 0) is 11.2 Å². The van der Waals surface area contributed by atoms with Gasteiger partial charge in [-0.3, -0.25) is 0 Å². The SMILES string of the molecule is CC(C)(C)OC(=O)N1C2CCC1CC(O)(Cc1ccc(-c3ccccc3)cc1)C2. The number of amides is 1. The molecule has 0 saturated carbocycles. The van der Waals surface area contributed by atoms with Crippen molar-refractivity contribution >= 4 is 6.09 Å². The molecule has 2 bridgehead atoms. The molecule has 2 fully saturated rings. The molecule has 4 heteroatoms. The fraction of sp³-hybridized carbons (Fsp3) is 0.480. The van der Waals surface area contributed by atoms with E-state index in [1.807, 2.05) is 43.9 Å². The lowest BCUT2D eigenvalue weighted by Crippen LogP contribution is -2.54. The molecule has 4 rings (SSSR count). The van der Waals surface area contributed by atoms with Crippen molar-refractivity contribution in [3.05, 3.63) is 60.2 Å². The third-order valence-electron chi connectivity index (χ3n) is 6.05. The van der Waals surface area contributed by atoms with E-state index in [9.17, 15) is 9.90 Å². The summed E-state index contributed by atoms with van der Waals surface area (Å²) in [6.07, 6.45) is 3.50. The molecule has 4 nitrogen and oxygen atoms in total. The zero-order valence-corrected chi connectivity index (χ0v) is 17.6. The molecule has 1 N–H and O–H groups in total. The van der Waals surface area contributed by atoms with Gasteiger partial charge >= 0.3 is 6.09 Å². The topological polar surface area (TPSA) is 49.8 Å². The van der Waals surface area contributed by atoms with Crippen molar-refractivity contribution in [3.8, 4) is 11.1 Å². The zero-order valence-electron chi connectivity index (χ0n) is 17.6. The van der Waals surface area contributed by atoms with Gasteiger partial charge in [0.25, 0.3) is 0 Å². The van der Waals surface area contributed by atoms with Crippen LogP contribution in [0, 0.1) is 0 Å². The molecule has 0 spiro atoms. The zero-order chi connectivity index (χ0) is 20.6. The molecule has 2 heterocycles. The van der Waals surface area contributed by atoms with Crippen molar-refractivity contribution in [2.24, 2.45) is 0 Å². The molecule has 2 saturated heterocycles. The van der Waals surface area contributed by atoms with E-state index in [0.717, 1.165) is 18.4 Å². The van der Waals surface area contributed by atoms with Gasteiger partial charge in [-0.25, -0.2) is 4.79 Å². The molecule has 1 amide bonds. The minimum Gasteiger partial charge on any atom is -0.444 e. The molecule has 2 aliphatic rings. The second kappa shape index (κ2) is 7.49. The van der Waals surface area contributed by atoms with Gasteiger partial charge in [-0.1, -0.05) is 54.6 Å². The lowest BCUT2D eigenvalue weighted by molar-refractivity contribution is -0.0579. The smallest absolute Gasteiger partial charge is 0.410 e. The lowest BCUT2D eigenvalue weighted by atomic mass is 9.81.